The molecule has 14 heteroatoms. The second-order valence-corrected chi connectivity index (χ2v) is 14.5. The molecule has 11 atom stereocenters. The fraction of sp³-hybridized carbons (Fsp3) is 0.386. The van der Waals surface area contributed by atoms with Crippen LogP contribution in [0.1, 0.15) is 57.5 Å². The monoisotopic (exact) mass is 794 g/mol. The fourth-order valence-corrected chi connectivity index (χ4v) is 7.81. The van der Waals surface area contributed by atoms with Crippen LogP contribution in [-0.2, 0) is 60.6 Å². The minimum Gasteiger partial charge on any atom is -0.458 e. The Morgan fingerprint density at radius 1 is 0.707 bits per heavy atom. The summed E-state index contributed by atoms with van der Waals surface area (Å²) >= 11 is 0. The van der Waals surface area contributed by atoms with Gasteiger partial charge >= 0.3 is 5.97 Å². The molecule has 3 fully saturated rings. The predicted molar refractivity (Wildman–Crippen MR) is 204 cm³/mol. The third kappa shape index (κ3) is 8.48. The van der Waals surface area contributed by atoms with Gasteiger partial charge in [0.25, 0.3) is 11.8 Å². The third-order valence-corrected chi connectivity index (χ3v) is 10.6. The Bertz CT molecular complexity index is 1990. The number of carbonyl (C=O) groups excluding carboxylic acids is 3. The summed E-state index contributed by atoms with van der Waals surface area (Å²) in [6, 6.07) is 34.0. The van der Waals surface area contributed by atoms with Crippen molar-refractivity contribution in [3.8, 4) is 0 Å². The number of benzene rings is 4. The first-order valence-electron chi connectivity index (χ1n) is 19.3. The van der Waals surface area contributed by atoms with Crippen LogP contribution in [-0.4, -0.2) is 97.9 Å². The van der Waals surface area contributed by atoms with Crippen LogP contribution in [0.2, 0.25) is 0 Å². The number of hydrazine groups is 1. The molecule has 1 N–H and O–H groups in total. The van der Waals surface area contributed by atoms with E-state index < -0.39 is 85.4 Å². The quantitative estimate of drug-likeness (QED) is 0.145. The number of ether oxygens (including phenoxy) is 9. The zero-order valence-corrected chi connectivity index (χ0v) is 32.3. The predicted octanol–water partition coefficient (Wildman–Crippen LogP) is 4.87. The van der Waals surface area contributed by atoms with Crippen LogP contribution in [0.25, 0.3) is 0 Å². The number of amides is 2. The largest absolute Gasteiger partial charge is 0.458 e. The topological polar surface area (TPSA) is 150 Å². The maximum Gasteiger partial charge on any atom is 0.303 e. The molecule has 4 aliphatic heterocycles. The second kappa shape index (κ2) is 18.0. The fourth-order valence-electron chi connectivity index (χ4n) is 7.81. The molecule has 58 heavy (non-hydrogen) atoms. The molecule has 0 bridgehead atoms. The van der Waals surface area contributed by atoms with Gasteiger partial charge in [-0.2, -0.15) is 0 Å². The Hall–Kier alpha value is -4.87. The van der Waals surface area contributed by atoms with Gasteiger partial charge in [-0.15, -0.1) is 0 Å². The number of methoxy groups -OCH3 is 1. The Balaban J connectivity index is 1.15. The molecule has 0 spiro atoms. The minimum absolute atomic E-state index is 0.0320. The molecule has 0 saturated carbocycles. The Kier molecular flexibility index (Phi) is 12.4. The van der Waals surface area contributed by atoms with Crippen LogP contribution < -0.4 is 5.43 Å². The molecular weight excluding hydrogens is 748 g/mol. The van der Waals surface area contributed by atoms with Gasteiger partial charge < -0.3 is 42.6 Å². The molecule has 8 rings (SSSR count). The average molecular weight is 795 g/mol. The molecule has 0 aromatic heterocycles. The van der Waals surface area contributed by atoms with E-state index in [9.17, 15) is 14.4 Å². The summed E-state index contributed by atoms with van der Waals surface area (Å²) in [5.74, 6) is -1.82. The van der Waals surface area contributed by atoms with Gasteiger partial charge in [-0.3, -0.25) is 14.4 Å². The van der Waals surface area contributed by atoms with Crippen molar-refractivity contribution >= 4 is 17.8 Å². The number of hydrogen-bond donors (Lipinski definition) is 1. The first-order chi connectivity index (χ1) is 28.3. The van der Waals surface area contributed by atoms with E-state index in [1.54, 1.807) is 24.3 Å². The Morgan fingerprint density at radius 2 is 1.28 bits per heavy atom. The molecular formula is C44H46N2O12. The highest BCUT2D eigenvalue weighted by molar-refractivity contribution is 6.21. The van der Waals surface area contributed by atoms with Gasteiger partial charge in [-0.05, 0) is 30.2 Å². The highest BCUT2D eigenvalue weighted by Crippen LogP contribution is 2.39. The van der Waals surface area contributed by atoms with Crippen molar-refractivity contribution in [2.45, 2.75) is 94.7 Å². The SMILES string of the molecule is CO[C@@H]1O[C@@H](C)[C@H](OCc2ccccc2)[C@@H](OCc2ccccc2)[C@H]1O[C@@H]1O[C@@H]2COC(c3ccccc3)O[C@H]2[C@H](OC(C)=O)[C@H]1NN1C(=O)c2ccccc2C1=O. The number of rotatable bonds is 13. The number of esters is 1. The lowest BCUT2D eigenvalue weighted by Gasteiger charge is -2.51. The molecule has 4 aromatic carbocycles. The van der Waals surface area contributed by atoms with Gasteiger partial charge in [0.15, 0.2) is 25.0 Å². The van der Waals surface area contributed by atoms with Crippen LogP contribution >= 0.6 is 0 Å². The lowest BCUT2D eigenvalue weighted by Crippen LogP contribution is -2.71. The maximum atomic E-state index is 13.8. The van der Waals surface area contributed by atoms with Crippen molar-refractivity contribution in [2.75, 3.05) is 13.7 Å². The maximum absolute atomic E-state index is 13.8. The molecule has 1 unspecified atom stereocenters. The standard InChI is InChI=1S/C44H46N2O12/c1-26-35(51-23-28-15-7-4-8-16-28)38(52-24-29-17-9-5-10-18-29)39(44(50-3)54-26)58-43-34(45-46-40(48)31-21-13-14-22-32(31)41(46)49)37(55-27(2)47)36-33(56-43)25-53-42(57-36)30-19-11-6-12-20-30/h4-22,26,33-39,42-45H,23-25H2,1-3H3/t26-,33+,34+,35-,36+,37+,38+,39+,42?,43-,44+/m0/s1. The molecule has 4 heterocycles. The van der Waals surface area contributed by atoms with Crippen LogP contribution in [0.3, 0.4) is 0 Å². The van der Waals surface area contributed by atoms with E-state index in [4.69, 9.17) is 42.6 Å². The van der Waals surface area contributed by atoms with Gasteiger partial charge in [-0.25, -0.2) is 10.4 Å². The summed E-state index contributed by atoms with van der Waals surface area (Å²) in [4.78, 5) is 40.5. The van der Waals surface area contributed by atoms with E-state index in [0.29, 0.717) is 0 Å². The van der Waals surface area contributed by atoms with Crippen LogP contribution in [0.5, 0.6) is 0 Å². The summed E-state index contributed by atoms with van der Waals surface area (Å²) in [7, 11) is 1.49. The van der Waals surface area contributed by atoms with E-state index in [1.165, 1.54) is 14.0 Å². The number of fused-ring (bicyclic) bond motifs is 2. The Morgan fingerprint density at radius 3 is 1.86 bits per heavy atom. The van der Waals surface area contributed by atoms with Gasteiger partial charge in [0.2, 0.25) is 0 Å². The van der Waals surface area contributed by atoms with Gasteiger partial charge in [-0.1, -0.05) is 103 Å². The summed E-state index contributed by atoms with van der Waals surface area (Å²) in [6.07, 6.45) is -9.11. The second-order valence-electron chi connectivity index (χ2n) is 14.5. The zero-order valence-electron chi connectivity index (χ0n) is 32.3. The van der Waals surface area contributed by atoms with E-state index in [-0.39, 0.29) is 30.9 Å². The number of nitrogens with zero attached hydrogens (tertiary/aromatic N) is 1. The van der Waals surface area contributed by atoms with Crippen molar-refractivity contribution in [1.82, 2.24) is 10.4 Å². The first-order valence-corrected chi connectivity index (χ1v) is 19.3. The molecule has 14 nitrogen and oxygen atoms in total. The third-order valence-electron chi connectivity index (χ3n) is 10.6. The number of carbonyl (C=O) groups is 3. The van der Waals surface area contributed by atoms with Crippen molar-refractivity contribution < 1.29 is 57.0 Å². The van der Waals surface area contributed by atoms with Crippen LogP contribution in [0, 0.1) is 0 Å². The minimum atomic E-state index is -1.34. The zero-order chi connectivity index (χ0) is 40.2. The molecule has 304 valence electrons. The van der Waals surface area contributed by atoms with E-state index in [2.05, 4.69) is 5.43 Å². The summed E-state index contributed by atoms with van der Waals surface area (Å²) < 4.78 is 57.8. The molecule has 4 aromatic rings. The Labute approximate surface area is 336 Å². The van der Waals surface area contributed by atoms with E-state index >= 15 is 0 Å². The number of imide groups is 1. The van der Waals surface area contributed by atoms with Gasteiger partial charge in [0.1, 0.15) is 36.6 Å². The first kappa shape index (κ1) is 39.9. The molecule has 3 saturated heterocycles. The van der Waals surface area contributed by atoms with E-state index in [1.807, 2.05) is 97.9 Å². The average Bonchev–Trinajstić information content (AvgIpc) is 3.49. The molecule has 2 amide bonds. The van der Waals surface area contributed by atoms with Gasteiger partial charge in [0, 0.05) is 19.6 Å². The number of nitrogens with one attached hydrogen (secondary N) is 1. The van der Waals surface area contributed by atoms with Gasteiger partial charge in [0.05, 0.1) is 37.1 Å². The highest BCUT2D eigenvalue weighted by atomic mass is 16.8. The molecule has 4 aliphatic rings. The lowest BCUT2D eigenvalue weighted by atomic mass is 9.94. The highest BCUT2D eigenvalue weighted by Gasteiger charge is 2.57. The summed E-state index contributed by atoms with van der Waals surface area (Å²) in [5, 5.41) is 0.891. The van der Waals surface area contributed by atoms with Crippen LogP contribution in [0.4, 0.5) is 0 Å². The summed E-state index contributed by atoms with van der Waals surface area (Å²) in [5.41, 5.74) is 6.08. The smallest absolute Gasteiger partial charge is 0.303 e. The lowest BCUT2D eigenvalue weighted by molar-refractivity contribution is -0.380. The van der Waals surface area contributed by atoms with Crippen molar-refractivity contribution in [3.63, 3.8) is 0 Å². The van der Waals surface area contributed by atoms with Crippen LogP contribution in [0.15, 0.2) is 115 Å². The van der Waals surface area contributed by atoms with Crippen molar-refractivity contribution in [3.05, 3.63) is 143 Å². The molecule has 0 aliphatic carbocycles. The summed E-state index contributed by atoms with van der Waals surface area (Å²) in [6.45, 7) is 3.64. The normalized spacial score (nSPS) is 30.7. The van der Waals surface area contributed by atoms with E-state index in [0.717, 1.165) is 21.7 Å². The van der Waals surface area contributed by atoms with Crippen molar-refractivity contribution in [2.24, 2.45) is 0 Å². The molecule has 0 radical (unpaired) electrons. The van der Waals surface area contributed by atoms with Crippen molar-refractivity contribution in [1.29, 1.82) is 0 Å². The number of hydrogen-bond acceptors (Lipinski definition) is 13.